The van der Waals surface area contributed by atoms with Crippen LogP contribution in [0, 0.1) is 16.7 Å². The zero-order valence-corrected chi connectivity index (χ0v) is 12.6. The van der Waals surface area contributed by atoms with Gasteiger partial charge in [0.2, 0.25) is 0 Å². The van der Waals surface area contributed by atoms with Gasteiger partial charge in [-0.3, -0.25) is 0 Å². The second-order valence-electron chi connectivity index (χ2n) is 5.48. The molecule has 114 valence electrons. The Hall–Kier alpha value is -1.71. The summed E-state index contributed by atoms with van der Waals surface area (Å²) >= 11 is 0. The Morgan fingerprint density at radius 1 is 1.38 bits per heavy atom. The fourth-order valence-electron chi connectivity index (χ4n) is 2.47. The SMILES string of the molecule is CC[C@](C)(CCCNc1nccnc1C#N)C1OCCO1. The van der Waals surface area contributed by atoms with E-state index in [-0.39, 0.29) is 11.7 Å². The van der Waals surface area contributed by atoms with Crippen molar-refractivity contribution in [3.8, 4) is 6.07 Å². The van der Waals surface area contributed by atoms with Crippen LogP contribution in [-0.2, 0) is 9.47 Å². The lowest BCUT2D eigenvalue weighted by Gasteiger charge is -2.33. The van der Waals surface area contributed by atoms with Gasteiger partial charge in [0.1, 0.15) is 6.07 Å². The van der Waals surface area contributed by atoms with Crippen LogP contribution < -0.4 is 5.32 Å². The van der Waals surface area contributed by atoms with Crippen molar-refractivity contribution in [2.45, 2.75) is 39.4 Å². The Bertz CT molecular complexity index is 497. The van der Waals surface area contributed by atoms with Crippen molar-refractivity contribution in [2.75, 3.05) is 25.1 Å². The molecule has 1 aliphatic rings. The number of aromatic nitrogens is 2. The highest BCUT2D eigenvalue weighted by Gasteiger charge is 2.36. The van der Waals surface area contributed by atoms with Crippen molar-refractivity contribution < 1.29 is 9.47 Å². The van der Waals surface area contributed by atoms with Gasteiger partial charge in [-0.1, -0.05) is 13.8 Å². The maximum Gasteiger partial charge on any atom is 0.182 e. The van der Waals surface area contributed by atoms with E-state index in [0.29, 0.717) is 24.7 Å². The first-order chi connectivity index (χ1) is 10.2. The predicted octanol–water partition coefficient (Wildman–Crippen LogP) is 2.33. The highest BCUT2D eigenvalue weighted by molar-refractivity contribution is 5.46. The molecular formula is C15H22N4O2. The molecule has 2 rings (SSSR count). The Balaban J connectivity index is 1.82. The van der Waals surface area contributed by atoms with Gasteiger partial charge in [0, 0.05) is 24.4 Å². The van der Waals surface area contributed by atoms with Gasteiger partial charge in [0.05, 0.1) is 13.2 Å². The number of nitriles is 1. The molecule has 0 amide bonds. The fourth-order valence-corrected chi connectivity index (χ4v) is 2.47. The molecule has 1 fully saturated rings. The number of hydrogen-bond acceptors (Lipinski definition) is 6. The standard InChI is InChI=1S/C15H22N4O2/c1-3-15(2,14-20-9-10-21-14)5-4-6-18-13-12(11-16)17-7-8-19-13/h7-8,14H,3-6,9-10H2,1-2H3,(H,18,19)/t15-/m1/s1. The quantitative estimate of drug-likeness (QED) is 0.776. The first-order valence-corrected chi connectivity index (χ1v) is 7.38. The fraction of sp³-hybridized carbons (Fsp3) is 0.667. The molecule has 0 radical (unpaired) electrons. The number of ether oxygens (including phenoxy) is 2. The molecular weight excluding hydrogens is 268 g/mol. The van der Waals surface area contributed by atoms with E-state index in [9.17, 15) is 0 Å². The highest BCUT2D eigenvalue weighted by atomic mass is 16.7. The summed E-state index contributed by atoms with van der Waals surface area (Å²) in [5.74, 6) is 0.548. The first-order valence-electron chi connectivity index (χ1n) is 7.38. The van der Waals surface area contributed by atoms with Crippen LogP contribution in [0.4, 0.5) is 5.82 Å². The summed E-state index contributed by atoms with van der Waals surface area (Å²) in [7, 11) is 0. The maximum atomic E-state index is 8.96. The maximum absolute atomic E-state index is 8.96. The molecule has 6 nitrogen and oxygen atoms in total. The summed E-state index contributed by atoms with van der Waals surface area (Å²) in [4.78, 5) is 8.11. The van der Waals surface area contributed by atoms with Crippen molar-refractivity contribution >= 4 is 5.82 Å². The van der Waals surface area contributed by atoms with E-state index in [0.717, 1.165) is 25.8 Å². The molecule has 0 bridgehead atoms. The van der Waals surface area contributed by atoms with E-state index in [4.69, 9.17) is 14.7 Å². The zero-order valence-electron chi connectivity index (χ0n) is 12.6. The molecule has 0 aliphatic carbocycles. The highest BCUT2D eigenvalue weighted by Crippen LogP contribution is 2.35. The Kier molecular flexibility index (Phi) is 5.48. The number of nitrogens with one attached hydrogen (secondary N) is 1. The molecule has 0 spiro atoms. The zero-order chi connectivity index (χ0) is 15.1. The number of nitrogens with zero attached hydrogens (tertiary/aromatic N) is 3. The van der Waals surface area contributed by atoms with Gasteiger partial charge in [-0.2, -0.15) is 5.26 Å². The van der Waals surface area contributed by atoms with Crippen LogP contribution >= 0.6 is 0 Å². The van der Waals surface area contributed by atoms with Crippen LogP contribution in [0.2, 0.25) is 0 Å². The summed E-state index contributed by atoms with van der Waals surface area (Å²) in [6, 6.07) is 2.03. The normalized spacial score (nSPS) is 18.1. The molecule has 0 saturated carbocycles. The second kappa shape index (κ2) is 7.34. The minimum atomic E-state index is -0.103. The van der Waals surface area contributed by atoms with Crippen molar-refractivity contribution in [3.63, 3.8) is 0 Å². The monoisotopic (exact) mass is 290 g/mol. The van der Waals surface area contributed by atoms with Gasteiger partial charge >= 0.3 is 0 Å². The van der Waals surface area contributed by atoms with E-state index in [1.54, 1.807) is 6.20 Å². The largest absolute Gasteiger partial charge is 0.368 e. The van der Waals surface area contributed by atoms with E-state index in [2.05, 4.69) is 29.1 Å². The summed E-state index contributed by atoms with van der Waals surface area (Å²) in [5.41, 5.74) is 0.358. The third-order valence-electron chi connectivity index (χ3n) is 4.02. The Labute approximate surface area is 125 Å². The smallest absolute Gasteiger partial charge is 0.182 e. The molecule has 1 aliphatic heterocycles. The summed E-state index contributed by atoms with van der Waals surface area (Å²) < 4.78 is 11.3. The number of anilines is 1. The lowest BCUT2D eigenvalue weighted by Crippen LogP contribution is -2.33. The van der Waals surface area contributed by atoms with Crippen molar-refractivity contribution in [1.82, 2.24) is 9.97 Å². The van der Waals surface area contributed by atoms with Gasteiger partial charge in [-0.25, -0.2) is 9.97 Å². The van der Waals surface area contributed by atoms with E-state index < -0.39 is 0 Å². The van der Waals surface area contributed by atoms with Crippen LogP contribution in [0.5, 0.6) is 0 Å². The second-order valence-corrected chi connectivity index (χ2v) is 5.48. The molecule has 1 N–H and O–H groups in total. The Morgan fingerprint density at radius 2 is 2.10 bits per heavy atom. The van der Waals surface area contributed by atoms with Crippen LogP contribution in [0.15, 0.2) is 12.4 Å². The average Bonchev–Trinajstić information content (AvgIpc) is 3.06. The lowest BCUT2D eigenvalue weighted by molar-refractivity contribution is -0.131. The Morgan fingerprint density at radius 3 is 2.76 bits per heavy atom. The molecule has 1 aromatic rings. The van der Waals surface area contributed by atoms with Crippen molar-refractivity contribution in [3.05, 3.63) is 18.1 Å². The van der Waals surface area contributed by atoms with Gasteiger partial charge in [0.25, 0.3) is 0 Å². The molecule has 1 aromatic heterocycles. The first kappa shape index (κ1) is 15.7. The van der Waals surface area contributed by atoms with Gasteiger partial charge in [0.15, 0.2) is 17.8 Å². The molecule has 21 heavy (non-hydrogen) atoms. The molecule has 0 aromatic carbocycles. The molecule has 0 unspecified atom stereocenters. The predicted molar refractivity (Wildman–Crippen MR) is 78.6 cm³/mol. The molecule has 2 heterocycles. The summed E-state index contributed by atoms with van der Waals surface area (Å²) in [5, 5.41) is 12.1. The molecule has 1 atom stereocenters. The summed E-state index contributed by atoms with van der Waals surface area (Å²) in [6.45, 7) is 6.48. The number of hydrogen-bond donors (Lipinski definition) is 1. The van der Waals surface area contributed by atoms with Gasteiger partial charge < -0.3 is 14.8 Å². The third-order valence-corrected chi connectivity index (χ3v) is 4.02. The molecule has 6 heteroatoms. The van der Waals surface area contributed by atoms with Crippen LogP contribution in [0.1, 0.15) is 38.8 Å². The topological polar surface area (TPSA) is 80.1 Å². The van der Waals surface area contributed by atoms with Crippen LogP contribution in [0.25, 0.3) is 0 Å². The van der Waals surface area contributed by atoms with E-state index >= 15 is 0 Å². The van der Waals surface area contributed by atoms with Crippen molar-refractivity contribution in [1.29, 1.82) is 5.26 Å². The minimum absolute atomic E-state index is 0.0264. The minimum Gasteiger partial charge on any atom is -0.368 e. The number of rotatable bonds is 7. The van der Waals surface area contributed by atoms with Crippen LogP contribution in [-0.4, -0.2) is 36.0 Å². The van der Waals surface area contributed by atoms with Crippen LogP contribution in [0.3, 0.4) is 0 Å². The van der Waals surface area contributed by atoms with E-state index in [1.807, 2.05) is 6.07 Å². The summed E-state index contributed by atoms with van der Waals surface area (Å²) in [6.07, 6.45) is 5.95. The van der Waals surface area contributed by atoms with E-state index in [1.165, 1.54) is 6.20 Å². The lowest BCUT2D eigenvalue weighted by atomic mass is 9.82. The average molecular weight is 290 g/mol. The van der Waals surface area contributed by atoms with Crippen molar-refractivity contribution in [2.24, 2.45) is 5.41 Å². The molecule has 1 saturated heterocycles. The van der Waals surface area contributed by atoms with Gasteiger partial charge in [-0.15, -0.1) is 0 Å². The third kappa shape index (κ3) is 3.90. The van der Waals surface area contributed by atoms with Gasteiger partial charge in [-0.05, 0) is 19.3 Å².